The molecule has 1 heterocycles. The summed E-state index contributed by atoms with van der Waals surface area (Å²) in [6.45, 7) is 4.04. The molecule has 1 aromatic rings. The lowest BCUT2D eigenvalue weighted by Crippen LogP contribution is -2.29. The van der Waals surface area contributed by atoms with Crippen molar-refractivity contribution in [2.45, 2.75) is 25.2 Å². The lowest BCUT2D eigenvalue weighted by molar-refractivity contribution is 0.0566. The molecule has 1 aromatic heterocycles. The first-order valence-electron chi connectivity index (χ1n) is 4.80. The summed E-state index contributed by atoms with van der Waals surface area (Å²) in [4.78, 5) is 8.09. The molecule has 0 radical (unpaired) electrons. The van der Waals surface area contributed by atoms with E-state index in [1.54, 1.807) is 6.92 Å². The van der Waals surface area contributed by atoms with E-state index in [4.69, 9.17) is 21.5 Å². The van der Waals surface area contributed by atoms with Gasteiger partial charge in [-0.25, -0.2) is 14.2 Å². The van der Waals surface area contributed by atoms with E-state index in [1.807, 2.05) is 6.92 Å². The quantitative estimate of drug-likeness (QED) is 0.866. The molecule has 1 rings (SSSR count). The highest BCUT2D eigenvalue weighted by Gasteiger charge is 2.25. The van der Waals surface area contributed by atoms with E-state index in [9.17, 15) is 4.21 Å². The fourth-order valence-electron chi connectivity index (χ4n) is 1.19. The zero-order valence-electron chi connectivity index (χ0n) is 9.09. The van der Waals surface area contributed by atoms with Gasteiger partial charge in [0.1, 0.15) is 6.10 Å². The second-order valence-electron chi connectivity index (χ2n) is 3.17. The molecule has 0 aliphatic rings. The Labute approximate surface area is 102 Å². The zero-order valence-corrected chi connectivity index (χ0v) is 10.7. The van der Waals surface area contributed by atoms with Crippen LogP contribution in [-0.4, -0.2) is 26.0 Å². The third-order valence-corrected chi connectivity index (χ3v) is 3.21. The van der Waals surface area contributed by atoms with Crippen LogP contribution in [0.25, 0.3) is 0 Å². The van der Waals surface area contributed by atoms with Crippen LogP contribution < -0.4 is 5.14 Å². The van der Waals surface area contributed by atoms with Crippen molar-refractivity contribution in [3.8, 4) is 0 Å². The van der Waals surface area contributed by atoms with Crippen molar-refractivity contribution >= 4 is 22.6 Å². The molecule has 3 atom stereocenters. The minimum atomic E-state index is -1.49. The maximum absolute atomic E-state index is 11.2. The molecule has 7 heteroatoms. The summed E-state index contributed by atoms with van der Waals surface area (Å²) in [7, 11) is -1.49. The summed E-state index contributed by atoms with van der Waals surface area (Å²) in [5.41, 5.74) is 0. The summed E-state index contributed by atoms with van der Waals surface area (Å²) >= 11 is 5.69. The van der Waals surface area contributed by atoms with Crippen LogP contribution in [0.3, 0.4) is 0 Å². The predicted molar refractivity (Wildman–Crippen MR) is 63.2 cm³/mol. The van der Waals surface area contributed by atoms with Crippen LogP contribution in [0.4, 0.5) is 0 Å². The number of aromatic nitrogens is 2. The van der Waals surface area contributed by atoms with Gasteiger partial charge in [-0.2, -0.15) is 0 Å². The maximum Gasteiger partial charge on any atom is 0.158 e. The Bertz CT molecular complexity index is 360. The van der Waals surface area contributed by atoms with Gasteiger partial charge in [0.05, 0.1) is 21.3 Å². The van der Waals surface area contributed by atoms with Crippen molar-refractivity contribution in [1.82, 2.24) is 9.97 Å². The van der Waals surface area contributed by atoms with Gasteiger partial charge in [0.25, 0.3) is 0 Å². The highest BCUT2D eigenvalue weighted by molar-refractivity contribution is 7.83. The highest BCUT2D eigenvalue weighted by Crippen LogP contribution is 2.20. The Morgan fingerprint density at radius 1 is 1.56 bits per heavy atom. The molecule has 0 amide bonds. The average Bonchev–Trinajstić information content (AvgIpc) is 2.26. The fraction of sp³-hybridized carbons (Fsp3) is 0.556. The van der Waals surface area contributed by atoms with E-state index in [-0.39, 0.29) is 5.25 Å². The fourth-order valence-corrected chi connectivity index (χ4v) is 1.73. The lowest BCUT2D eigenvalue weighted by Gasteiger charge is -2.20. The first kappa shape index (κ1) is 13.5. The summed E-state index contributed by atoms with van der Waals surface area (Å²) < 4.78 is 16.7. The largest absolute Gasteiger partial charge is 0.369 e. The van der Waals surface area contributed by atoms with Gasteiger partial charge in [-0.05, 0) is 13.8 Å². The molecular weight excluding hydrogens is 250 g/mol. The van der Waals surface area contributed by atoms with E-state index in [2.05, 4.69) is 9.97 Å². The standard InChI is InChI=1S/C9H14ClN3O2S/c1-3-15-8(6(2)16(11)14)9-12-4-7(10)5-13-9/h4-6,8H,3,11H2,1-2H3. The average molecular weight is 264 g/mol. The Hall–Kier alpha value is -0.560. The number of hydrogen-bond donors (Lipinski definition) is 1. The van der Waals surface area contributed by atoms with Gasteiger partial charge in [0.15, 0.2) is 5.82 Å². The van der Waals surface area contributed by atoms with E-state index < -0.39 is 17.1 Å². The van der Waals surface area contributed by atoms with Gasteiger partial charge >= 0.3 is 0 Å². The molecule has 0 fully saturated rings. The van der Waals surface area contributed by atoms with Crippen molar-refractivity contribution in [3.63, 3.8) is 0 Å². The number of halogens is 1. The first-order valence-corrected chi connectivity index (χ1v) is 6.45. The van der Waals surface area contributed by atoms with E-state index in [0.29, 0.717) is 17.5 Å². The van der Waals surface area contributed by atoms with Crippen LogP contribution in [0.2, 0.25) is 5.02 Å². The second-order valence-corrected chi connectivity index (χ2v) is 5.01. The van der Waals surface area contributed by atoms with E-state index >= 15 is 0 Å². The smallest absolute Gasteiger partial charge is 0.158 e. The molecule has 0 aliphatic heterocycles. The Morgan fingerprint density at radius 2 is 2.12 bits per heavy atom. The van der Waals surface area contributed by atoms with Crippen molar-refractivity contribution < 1.29 is 8.95 Å². The Morgan fingerprint density at radius 3 is 2.56 bits per heavy atom. The lowest BCUT2D eigenvalue weighted by atomic mass is 10.2. The monoisotopic (exact) mass is 263 g/mol. The summed E-state index contributed by atoms with van der Waals surface area (Å²) in [5.74, 6) is 0.442. The van der Waals surface area contributed by atoms with Gasteiger partial charge in [-0.3, -0.25) is 5.14 Å². The van der Waals surface area contributed by atoms with Crippen molar-refractivity contribution in [1.29, 1.82) is 0 Å². The van der Waals surface area contributed by atoms with Crippen molar-refractivity contribution in [2.75, 3.05) is 6.61 Å². The topological polar surface area (TPSA) is 78.1 Å². The van der Waals surface area contributed by atoms with Crippen LogP contribution in [-0.2, 0) is 15.7 Å². The highest BCUT2D eigenvalue weighted by atomic mass is 35.5. The molecular formula is C9H14ClN3O2S. The summed E-state index contributed by atoms with van der Waals surface area (Å²) in [6, 6.07) is 0. The number of nitrogens with two attached hydrogens (primary N) is 1. The first-order chi connectivity index (χ1) is 7.56. The van der Waals surface area contributed by atoms with Gasteiger partial charge in [0.2, 0.25) is 0 Å². The molecule has 3 unspecified atom stereocenters. The molecule has 2 N–H and O–H groups in total. The molecule has 5 nitrogen and oxygen atoms in total. The van der Waals surface area contributed by atoms with Crippen molar-refractivity contribution in [2.24, 2.45) is 5.14 Å². The number of ether oxygens (including phenoxy) is 1. The summed E-state index contributed by atoms with van der Waals surface area (Å²) in [6.07, 6.45) is 2.47. The maximum atomic E-state index is 11.2. The minimum absolute atomic E-state index is 0.374. The molecule has 0 spiro atoms. The second kappa shape index (κ2) is 6.24. The van der Waals surface area contributed by atoms with Crippen LogP contribution in [0.15, 0.2) is 12.4 Å². The van der Waals surface area contributed by atoms with Gasteiger partial charge in [-0.1, -0.05) is 11.6 Å². The molecule has 0 saturated carbocycles. The Balaban J connectivity index is 2.92. The van der Waals surface area contributed by atoms with Gasteiger partial charge < -0.3 is 4.74 Å². The van der Waals surface area contributed by atoms with E-state index in [1.165, 1.54) is 12.4 Å². The molecule has 0 aliphatic carbocycles. The van der Waals surface area contributed by atoms with Gasteiger partial charge in [0, 0.05) is 19.0 Å². The third kappa shape index (κ3) is 3.48. The number of rotatable bonds is 5. The van der Waals surface area contributed by atoms with Crippen molar-refractivity contribution in [3.05, 3.63) is 23.2 Å². The zero-order chi connectivity index (χ0) is 12.1. The van der Waals surface area contributed by atoms with E-state index in [0.717, 1.165) is 0 Å². The van der Waals surface area contributed by atoms with Gasteiger partial charge in [-0.15, -0.1) is 0 Å². The minimum Gasteiger partial charge on any atom is -0.369 e. The van der Waals surface area contributed by atoms with Crippen LogP contribution in [0.5, 0.6) is 0 Å². The molecule has 90 valence electrons. The number of nitrogens with zero attached hydrogens (tertiary/aromatic N) is 2. The SMILES string of the molecule is CCOC(c1ncc(Cl)cn1)C(C)S(N)=O. The number of hydrogen-bond acceptors (Lipinski definition) is 4. The predicted octanol–water partition coefficient (Wildman–Crippen LogP) is 1.22. The molecule has 0 saturated heterocycles. The van der Waals surface area contributed by atoms with Crippen LogP contribution in [0.1, 0.15) is 25.8 Å². The molecule has 0 aromatic carbocycles. The molecule has 0 bridgehead atoms. The summed E-state index contributed by atoms with van der Waals surface area (Å²) in [5, 5.41) is 5.42. The normalized spacial score (nSPS) is 16.8. The Kier molecular flexibility index (Phi) is 5.27. The van der Waals surface area contributed by atoms with Crippen LogP contribution >= 0.6 is 11.6 Å². The van der Waals surface area contributed by atoms with Crippen LogP contribution in [0, 0.1) is 0 Å². The molecule has 16 heavy (non-hydrogen) atoms. The third-order valence-electron chi connectivity index (χ3n) is 2.03.